The minimum absolute atomic E-state index is 0.00590. The summed E-state index contributed by atoms with van der Waals surface area (Å²) in [4.78, 5) is 11.9. The lowest BCUT2D eigenvalue weighted by atomic mass is 10.1. The Morgan fingerprint density at radius 3 is 2.40 bits per heavy atom. The third-order valence-corrected chi connectivity index (χ3v) is 5.13. The lowest BCUT2D eigenvalue weighted by molar-refractivity contribution is -0.116. The van der Waals surface area contributed by atoms with Crippen molar-refractivity contribution in [3.8, 4) is 0 Å². The van der Waals surface area contributed by atoms with Crippen LogP contribution in [0.5, 0.6) is 0 Å². The van der Waals surface area contributed by atoms with Crippen molar-refractivity contribution in [1.82, 2.24) is 4.72 Å². The minimum atomic E-state index is -3.69. The van der Waals surface area contributed by atoms with Crippen molar-refractivity contribution in [3.63, 3.8) is 0 Å². The van der Waals surface area contributed by atoms with Gasteiger partial charge in [-0.2, -0.15) is 0 Å². The van der Waals surface area contributed by atoms with E-state index in [1.165, 1.54) is 12.1 Å². The summed E-state index contributed by atoms with van der Waals surface area (Å²) in [6, 6.07) is 10.3. The first-order valence-corrected chi connectivity index (χ1v) is 9.38. The molecule has 0 saturated heterocycles. The first-order valence-electron chi connectivity index (χ1n) is 7.90. The van der Waals surface area contributed by atoms with Crippen LogP contribution in [0.4, 0.5) is 10.1 Å². The van der Waals surface area contributed by atoms with E-state index < -0.39 is 15.8 Å². The highest BCUT2D eigenvalue weighted by Gasteiger charge is 2.13. The van der Waals surface area contributed by atoms with Gasteiger partial charge in [0, 0.05) is 18.7 Å². The fourth-order valence-corrected chi connectivity index (χ4v) is 3.39. The molecule has 0 aliphatic rings. The third-order valence-electron chi connectivity index (χ3n) is 3.65. The molecule has 0 aliphatic carbocycles. The van der Waals surface area contributed by atoms with Crippen molar-refractivity contribution in [3.05, 3.63) is 59.4 Å². The summed E-state index contributed by atoms with van der Waals surface area (Å²) in [5.74, 6) is -0.671. The van der Waals surface area contributed by atoms with Crippen LogP contribution in [0, 0.1) is 19.7 Å². The lowest BCUT2D eigenvalue weighted by Gasteiger charge is -2.10. The molecule has 134 valence electrons. The van der Waals surface area contributed by atoms with Gasteiger partial charge in [-0.25, -0.2) is 17.5 Å². The van der Waals surface area contributed by atoms with Crippen LogP contribution in [0.25, 0.3) is 0 Å². The van der Waals surface area contributed by atoms with Crippen LogP contribution in [-0.2, 0) is 14.8 Å². The molecule has 0 saturated carbocycles. The van der Waals surface area contributed by atoms with E-state index in [1.807, 2.05) is 32.0 Å². The number of halogens is 1. The van der Waals surface area contributed by atoms with E-state index in [1.54, 1.807) is 0 Å². The highest BCUT2D eigenvalue weighted by atomic mass is 32.2. The maximum absolute atomic E-state index is 12.8. The first kappa shape index (κ1) is 19.1. The largest absolute Gasteiger partial charge is 0.326 e. The number of benzene rings is 2. The molecular formula is C18H21FN2O3S. The first-order chi connectivity index (χ1) is 11.8. The number of aryl methyl sites for hydroxylation is 2. The predicted octanol–water partition coefficient (Wildman–Crippen LogP) is 3.14. The molecule has 1 amide bonds. The molecular weight excluding hydrogens is 343 g/mol. The number of anilines is 1. The molecule has 2 rings (SSSR count). The monoisotopic (exact) mass is 364 g/mol. The highest BCUT2D eigenvalue weighted by molar-refractivity contribution is 7.89. The van der Waals surface area contributed by atoms with Crippen LogP contribution in [0.15, 0.2) is 47.4 Å². The van der Waals surface area contributed by atoms with Crippen LogP contribution in [-0.4, -0.2) is 20.9 Å². The molecule has 2 aromatic rings. The van der Waals surface area contributed by atoms with E-state index in [0.29, 0.717) is 6.42 Å². The number of hydrogen-bond donors (Lipinski definition) is 2. The van der Waals surface area contributed by atoms with E-state index in [-0.39, 0.29) is 23.8 Å². The second-order valence-corrected chi connectivity index (χ2v) is 7.59. The lowest BCUT2D eigenvalue weighted by Crippen LogP contribution is -2.25. The summed E-state index contributed by atoms with van der Waals surface area (Å²) in [6.45, 7) is 4.02. The predicted molar refractivity (Wildman–Crippen MR) is 95.4 cm³/mol. The summed E-state index contributed by atoms with van der Waals surface area (Å²) in [5, 5.41) is 2.82. The Bertz CT molecular complexity index is 849. The molecule has 0 fully saturated rings. The van der Waals surface area contributed by atoms with Gasteiger partial charge < -0.3 is 5.32 Å². The third kappa shape index (κ3) is 5.65. The Labute approximate surface area is 147 Å². The molecule has 0 spiro atoms. The fraction of sp³-hybridized carbons (Fsp3) is 0.278. The Balaban J connectivity index is 1.80. The number of nitrogens with one attached hydrogen (secondary N) is 2. The number of carbonyl (C=O) groups excluding carboxylic acids is 1. The molecule has 7 heteroatoms. The van der Waals surface area contributed by atoms with Crippen LogP contribution in [0.3, 0.4) is 0 Å². The van der Waals surface area contributed by atoms with Crippen molar-refractivity contribution in [2.75, 3.05) is 11.9 Å². The van der Waals surface area contributed by atoms with Gasteiger partial charge in [0.2, 0.25) is 15.9 Å². The van der Waals surface area contributed by atoms with Gasteiger partial charge >= 0.3 is 0 Å². The standard InChI is InChI=1S/C18H21FN2O3S/c1-13-5-10-17(14(2)12-13)21-18(22)4-3-11-20-25(23,24)16-8-6-15(19)7-9-16/h5-10,12,20H,3-4,11H2,1-2H3,(H,21,22). The zero-order valence-electron chi connectivity index (χ0n) is 14.2. The Morgan fingerprint density at radius 1 is 1.08 bits per heavy atom. The zero-order chi connectivity index (χ0) is 18.4. The average molecular weight is 364 g/mol. The maximum atomic E-state index is 12.8. The van der Waals surface area contributed by atoms with E-state index in [4.69, 9.17) is 0 Å². The summed E-state index contributed by atoms with van der Waals surface area (Å²) in [5.41, 5.74) is 2.85. The van der Waals surface area contributed by atoms with Crippen molar-refractivity contribution in [1.29, 1.82) is 0 Å². The molecule has 2 N–H and O–H groups in total. The van der Waals surface area contributed by atoms with E-state index >= 15 is 0 Å². The quantitative estimate of drug-likeness (QED) is 0.741. The molecule has 5 nitrogen and oxygen atoms in total. The molecule has 0 atom stereocenters. The molecule has 0 aromatic heterocycles. The van der Waals surface area contributed by atoms with Gasteiger partial charge in [-0.3, -0.25) is 4.79 Å². The summed E-state index contributed by atoms with van der Waals surface area (Å²) in [7, 11) is -3.69. The van der Waals surface area contributed by atoms with Crippen LogP contribution < -0.4 is 10.0 Å². The van der Waals surface area contributed by atoms with Crippen molar-refractivity contribution in [2.45, 2.75) is 31.6 Å². The maximum Gasteiger partial charge on any atom is 0.240 e. The highest BCUT2D eigenvalue weighted by Crippen LogP contribution is 2.16. The van der Waals surface area contributed by atoms with E-state index in [0.717, 1.165) is 28.9 Å². The van der Waals surface area contributed by atoms with Crippen LogP contribution >= 0.6 is 0 Å². The van der Waals surface area contributed by atoms with Gasteiger partial charge in [-0.1, -0.05) is 17.7 Å². The van der Waals surface area contributed by atoms with Gasteiger partial charge in [-0.15, -0.1) is 0 Å². The SMILES string of the molecule is Cc1ccc(NC(=O)CCCNS(=O)(=O)c2ccc(F)cc2)c(C)c1. The summed E-state index contributed by atoms with van der Waals surface area (Å²) in [6.07, 6.45) is 0.552. The number of hydrogen-bond acceptors (Lipinski definition) is 3. The Hall–Kier alpha value is -2.25. The normalized spacial score (nSPS) is 11.3. The van der Waals surface area contributed by atoms with E-state index in [2.05, 4.69) is 10.0 Å². The zero-order valence-corrected chi connectivity index (χ0v) is 15.0. The molecule has 0 bridgehead atoms. The molecule has 25 heavy (non-hydrogen) atoms. The summed E-state index contributed by atoms with van der Waals surface area (Å²) >= 11 is 0. The molecule has 0 aliphatic heterocycles. The van der Waals surface area contributed by atoms with Gasteiger partial charge in [0.05, 0.1) is 4.90 Å². The van der Waals surface area contributed by atoms with Crippen molar-refractivity contribution in [2.24, 2.45) is 0 Å². The van der Waals surface area contributed by atoms with Crippen LogP contribution in [0.2, 0.25) is 0 Å². The van der Waals surface area contributed by atoms with Crippen molar-refractivity contribution >= 4 is 21.6 Å². The van der Waals surface area contributed by atoms with Gasteiger partial charge in [-0.05, 0) is 56.2 Å². The molecule has 0 unspecified atom stereocenters. The number of amides is 1. The number of rotatable bonds is 7. The second-order valence-electron chi connectivity index (χ2n) is 5.82. The fourth-order valence-electron chi connectivity index (χ4n) is 2.32. The molecule has 0 heterocycles. The average Bonchev–Trinajstić information content (AvgIpc) is 2.55. The molecule has 0 radical (unpaired) electrons. The van der Waals surface area contributed by atoms with Crippen LogP contribution in [0.1, 0.15) is 24.0 Å². The van der Waals surface area contributed by atoms with Crippen molar-refractivity contribution < 1.29 is 17.6 Å². The van der Waals surface area contributed by atoms with Gasteiger partial charge in [0.15, 0.2) is 0 Å². The minimum Gasteiger partial charge on any atom is -0.326 e. The topological polar surface area (TPSA) is 75.3 Å². The summed E-state index contributed by atoms with van der Waals surface area (Å²) < 4.78 is 39.3. The van der Waals surface area contributed by atoms with E-state index in [9.17, 15) is 17.6 Å². The smallest absolute Gasteiger partial charge is 0.240 e. The van der Waals surface area contributed by atoms with Gasteiger partial charge in [0.25, 0.3) is 0 Å². The number of sulfonamides is 1. The Morgan fingerprint density at radius 2 is 1.76 bits per heavy atom. The van der Waals surface area contributed by atoms with Gasteiger partial charge in [0.1, 0.15) is 5.82 Å². The number of carbonyl (C=O) groups is 1. The second kappa shape index (κ2) is 8.22. The Kier molecular flexibility index (Phi) is 6.27. The molecule has 2 aromatic carbocycles.